The number of nitrogens with two attached hydrogens (primary N) is 1. The molecule has 1 saturated carbocycles. The van der Waals surface area contributed by atoms with E-state index in [-0.39, 0.29) is 0 Å². The molecule has 0 amide bonds. The van der Waals surface area contributed by atoms with E-state index < -0.39 is 0 Å². The van der Waals surface area contributed by atoms with E-state index in [1.807, 2.05) is 24.3 Å². The van der Waals surface area contributed by atoms with E-state index in [1.165, 1.54) is 25.7 Å². The van der Waals surface area contributed by atoms with Crippen LogP contribution in [0.5, 0.6) is 0 Å². The monoisotopic (exact) mass is 266 g/mol. The molecular weight excluding hydrogens is 244 g/mol. The first kappa shape index (κ1) is 13.7. The van der Waals surface area contributed by atoms with Gasteiger partial charge in [0.15, 0.2) is 0 Å². The van der Waals surface area contributed by atoms with Crippen molar-refractivity contribution in [2.24, 2.45) is 17.6 Å². The van der Waals surface area contributed by atoms with Gasteiger partial charge in [0, 0.05) is 23.3 Å². The van der Waals surface area contributed by atoms with Crippen LogP contribution in [0.1, 0.15) is 32.6 Å². The smallest absolute Gasteiger partial charge is 0.0411 e. The molecule has 1 aromatic rings. The van der Waals surface area contributed by atoms with Crippen molar-refractivity contribution in [2.45, 2.75) is 38.6 Å². The van der Waals surface area contributed by atoms with Crippen LogP contribution in [0.2, 0.25) is 5.02 Å². The standard InChI is InChI=1S/C15H23ClN2/c1-11-3-2-4-12(9-11)15(10-17)18-14-7-5-13(16)6-8-14/h5-8,11-12,15,18H,2-4,9-10,17H2,1H3. The van der Waals surface area contributed by atoms with Gasteiger partial charge in [-0.3, -0.25) is 0 Å². The Morgan fingerprint density at radius 1 is 1.33 bits per heavy atom. The minimum absolute atomic E-state index is 0.383. The van der Waals surface area contributed by atoms with Crippen LogP contribution in [0, 0.1) is 11.8 Å². The highest BCUT2D eigenvalue weighted by atomic mass is 35.5. The number of rotatable bonds is 4. The summed E-state index contributed by atoms with van der Waals surface area (Å²) < 4.78 is 0. The fourth-order valence-corrected chi connectivity index (χ4v) is 3.10. The van der Waals surface area contributed by atoms with Crippen molar-refractivity contribution >= 4 is 17.3 Å². The average Bonchev–Trinajstić information content (AvgIpc) is 2.38. The maximum atomic E-state index is 5.94. The Bertz CT molecular complexity index is 363. The second-order valence-electron chi connectivity index (χ2n) is 5.53. The largest absolute Gasteiger partial charge is 0.381 e. The van der Waals surface area contributed by atoms with Gasteiger partial charge in [-0.1, -0.05) is 31.4 Å². The van der Waals surface area contributed by atoms with Crippen molar-refractivity contribution in [3.63, 3.8) is 0 Å². The highest BCUT2D eigenvalue weighted by Crippen LogP contribution is 2.31. The van der Waals surface area contributed by atoms with Crippen molar-refractivity contribution in [3.05, 3.63) is 29.3 Å². The molecule has 0 heterocycles. The third-order valence-electron chi connectivity index (χ3n) is 4.00. The van der Waals surface area contributed by atoms with Crippen LogP contribution in [0.3, 0.4) is 0 Å². The van der Waals surface area contributed by atoms with Gasteiger partial charge in [0.2, 0.25) is 0 Å². The summed E-state index contributed by atoms with van der Waals surface area (Å²) in [6.45, 7) is 3.04. The fourth-order valence-electron chi connectivity index (χ4n) is 2.98. The maximum absolute atomic E-state index is 5.94. The molecule has 0 bridgehead atoms. The highest BCUT2D eigenvalue weighted by Gasteiger charge is 2.25. The van der Waals surface area contributed by atoms with E-state index in [0.29, 0.717) is 18.5 Å². The topological polar surface area (TPSA) is 38.0 Å². The van der Waals surface area contributed by atoms with Crippen molar-refractivity contribution in [1.82, 2.24) is 0 Å². The second-order valence-corrected chi connectivity index (χ2v) is 5.96. The first-order valence-corrected chi connectivity index (χ1v) is 7.29. The Labute approximate surface area is 115 Å². The van der Waals surface area contributed by atoms with Gasteiger partial charge < -0.3 is 11.1 Å². The summed E-state index contributed by atoms with van der Waals surface area (Å²) in [7, 11) is 0. The Hall–Kier alpha value is -0.730. The third kappa shape index (κ3) is 3.63. The number of hydrogen-bond donors (Lipinski definition) is 2. The Balaban J connectivity index is 1.98. The predicted octanol–water partition coefficient (Wildman–Crippen LogP) is 3.91. The molecule has 2 rings (SSSR count). The van der Waals surface area contributed by atoms with Gasteiger partial charge in [-0.15, -0.1) is 0 Å². The van der Waals surface area contributed by atoms with Crippen LogP contribution >= 0.6 is 11.6 Å². The molecule has 0 spiro atoms. The summed E-state index contributed by atoms with van der Waals surface area (Å²) in [5, 5.41) is 4.34. The predicted molar refractivity (Wildman–Crippen MR) is 79.0 cm³/mol. The quantitative estimate of drug-likeness (QED) is 0.867. The van der Waals surface area contributed by atoms with Gasteiger partial charge in [0.05, 0.1) is 0 Å². The van der Waals surface area contributed by atoms with Crippen molar-refractivity contribution < 1.29 is 0 Å². The Kier molecular flexibility index (Phi) is 4.90. The summed E-state index contributed by atoms with van der Waals surface area (Å²) in [6.07, 6.45) is 5.30. The lowest BCUT2D eigenvalue weighted by molar-refractivity contribution is 0.257. The number of anilines is 1. The molecule has 18 heavy (non-hydrogen) atoms. The minimum Gasteiger partial charge on any atom is -0.381 e. The molecule has 3 N–H and O–H groups in total. The number of benzene rings is 1. The molecule has 1 aliphatic carbocycles. The zero-order chi connectivity index (χ0) is 13.0. The van der Waals surface area contributed by atoms with Gasteiger partial charge in [0.25, 0.3) is 0 Å². The van der Waals surface area contributed by atoms with E-state index in [4.69, 9.17) is 17.3 Å². The number of nitrogens with one attached hydrogen (secondary N) is 1. The lowest BCUT2D eigenvalue weighted by atomic mass is 9.78. The summed E-state index contributed by atoms with van der Waals surface area (Å²) >= 11 is 5.90. The molecule has 0 aliphatic heterocycles. The molecular formula is C15H23ClN2. The average molecular weight is 267 g/mol. The summed E-state index contributed by atoms with van der Waals surface area (Å²) in [6, 6.07) is 8.27. The Morgan fingerprint density at radius 3 is 2.67 bits per heavy atom. The van der Waals surface area contributed by atoms with Gasteiger partial charge >= 0.3 is 0 Å². The fraction of sp³-hybridized carbons (Fsp3) is 0.600. The molecule has 0 saturated heterocycles. The van der Waals surface area contributed by atoms with Crippen LogP contribution in [-0.4, -0.2) is 12.6 Å². The van der Waals surface area contributed by atoms with Gasteiger partial charge in [0.1, 0.15) is 0 Å². The lowest BCUT2D eigenvalue weighted by Gasteiger charge is -2.33. The number of hydrogen-bond acceptors (Lipinski definition) is 2. The maximum Gasteiger partial charge on any atom is 0.0411 e. The first-order valence-electron chi connectivity index (χ1n) is 6.91. The highest BCUT2D eigenvalue weighted by molar-refractivity contribution is 6.30. The molecule has 3 atom stereocenters. The summed E-state index contributed by atoms with van der Waals surface area (Å²) in [4.78, 5) is 0. The molecule has 3 heteroatoms. The molecule has 0 aromatic heterocycles. The van der Waals surface area contributed by atoms with E-state index in [9.17, 15) is 0 Å². The van der Waals surface area contributed by atoms with Crippen molar-refractivity contribution in [2.75, 3.05) is 11.9 Å². The van der Waals surface area contributed by atoms with Crippen molar-refractivity contribution in [1.29, 1.82) is 0 Å². The van der Waals surface area contributed by atoms with Crippen LogP contribution in [0.15, 0.2) is 24.3 Å². The molecule has 3 unspecified atom stereocenters. The summed E-state index contributed by atoms with van der Waals surface area (Å²) in [5.74, 6) is 1.54. The second kappa shape index (κ2) is 6.44. The van der Waals surface area contributed by atoms with Crippen LogP contribution in [-0.2, 0) is 0 Å². The molecule has 1 aromatic carbocycles. The minimum atomic E-state index is 0.383. The number of halogens is 1. The normalized spacial score (nSPS) is 25.7. The van der Waals surface area contributed by atoms with Crippen molar-refractivity contribution in [3.8, 4) is 0 Å². The van der Waals surface area contributed by atoms with Crippen LogP contribution in [0.4, 0.5) is 5.69 Å². The zero-order valence-electron chi connectivity index (χ0n) is 11.0. The van der Waals surface area contributed by atoms with E-state index in [1.54, 1.807) is 0 Å². The SMILES string of the molecule is CC1CCCC(C(CN)Nc2ccc(Cl)cc2)C1. The van der Waals surface area contributed by atoms with Crippen LogP contribution < -0.4 is 11.1 Å². The molecule has 1 aliphatic rings. The summed E-state index contributed by atoms with van der Waals surface area (Å²) in [5.41, 5.74) is 7.06. The van der Waals surface area contributed by atoms with Gasteiger partial charge in [-0.25, -0.2) is 0 Å². The van der Waals surface area contributed by atoms with E-state index in [2.05, 4.69) is 12.2 Å². The molecule has 0 radical (unpaired) electrons. The van der Waals surface area contributed by atoms with Gasteiger partial charge in [-0.2, -0.15) is 0 Å². The molecule has 100 valence electrons. The van der Waals surface area contributed by atoms with E-state index >= 15 is 0 Å². The Morgan fingerprint density at radius 2 is 2.06 bits per heavy atom. The zero-order valence-corrected chi connectivity index (χ0v) is 11.8. The molecule has 2 nitrogen and oxygen atoms in total. The van der Waals surface area contributed by atoms with E-state index in [0.717, 1.165) is 16.6 Å². The third-order valence-corrected chi connectivity index (χ3v) is 4.25. The first-order chi connectivity index (χ1) is 8.69. The van der Waals surface area contributed by atoms with Gasteiger partial charge in [-0.05, 0) is 48.9 Å². The molecule has 1 fully saturated rings. The van der Waals surface area contributed by atoms with Crippen LogP contribution in [0.25, 0.3) is 0 Å². The lowest BCUT2D eigenvalue weighted by Crippen LogP contribution is -2.38.